The fourth-order valence-electron chi connectivity index (χ4n) is 4.55. The summed E-state index contributed by atoms with van der Waals surface area (Å²) in [6.07, 6.45) is 2.78. The number of nitrogens with zero attached hydrogens (tertiary/aromatic N) is 3. The van der Waals surface area contributed by atoms with Crippen molar-refractivity contribution in [1.82, 2.24) is 15.1 Å². The molecule has 0 saturated carbocycles. The topological polar surface area (TPSA) is 66.4 Å². The van der Waals surface area contributed by atoms with Gasteiger partial charge >= 0.3 is 0 Å². The summed E-state index contributed by atoms with van der Waals surface area (Å²) in [5, 5.41) is 3.57. The molecule has 2 saturated heterocycles. The van der Waals surface area contributed by atoms with Gasteiger partial charge in [-0.15, -0.1) is 0 Å². The number of guanidine groups is 1. The molecule has 0 aliphatic carbocycles. The van der Waals surface area contributed by atoms with Gasteiger partial charge < -0.3 is 24.6 Å². The number of para-hydroxylation sites is 1. The van der Waals surface area contributed by atoms with Gasteiger partial charge in [0.2, 0.25) is 5.91 Å². The van der Waals surface area contributed by atoms with E-state index >= 15 is 0 Å². The van der Waals surface area contributed by atoms with Gasteiger partial charge in [-0.05, 0) is 30.9 Å². The van der Waals surface area contributed by atoms with Crippen molar-refractivity contribution in [3.8, 4) is 5.75 Å². The third kappa shape index (κ3) is 4.66. The number of piperidine rings is 1. The van der Waals surface area contributed by atoms with Crippen LogP contribution < -0.4 is 10.1 Å². The predicted molar refractivity (Wildman–Crippen MR) is 112 cm³/mol. The van der Waals surface area contributed by atoms with Crippen LogP contribution in [0.25, 0.3) is 0 Å². The molecule has 7 nitrogen and oxygen atoms in total. The number of rotatable bonds is 3. The van der Waals surface area contributed by atoms with Crippen LogP contribution in [0.1, 0.15) is 30.7 Å². The maximum atomic E-state index is 12.7. The van der Waals surface area contributed by atoms with Crippen LogP contribution in [0.5, 0.6) is 5.75 Å². The molecule has 0 aromatic heterocycles. The average Bonchev–Trinajstić information content (AvgIpc) is 2.80. The first kappa shape index (κ1) is 20.0. The van der Waals surface area contributed by atoms with Crippen LogP contribution in [0.4, 0.5) is 0 Å². The lowest BCUT2D eigenvalue weighted by atomic mass is 9.93. The molecule has 1 N–H and O–H groups in total. The van der Waals surface area contributed by atoms with Crippen LogP contribution in [-0.4, -0.2) is 81.3 Å². The van der Waals surface area contributed by atoms with Gasteiger partial charge in [-0.1, -0.05) is 18.2 Å². The molecule has 3 aliphatic heterocycles. The molecule has 1 aromatic rings. The molecule has 1 atom stereocenters. The normalized spacial score (nSPS) is 23.3. The van der Waals surface area contributed by atoms with E-state index in [2.05, 4.69) is 27.3 Å². The molecule has 0 radical (unpaired) electrons. The van der Waals surface area contributed by atoms with Gasteiger partial charge in [0.1, 0.15) is 5.75 Å². The zero-order chi connectivity index (χ0) is 20.1. The summed E-state index contributed by atoms with van der Waals surface area (Å²) < 4.78 is 11.1. The Hall–Kier alpha value is -2.28. The quantitative estimate of drug-likeness (QED) is 0.618. The molecule has 0 spiro atoms. The fourth-order valence-corrected chi connectivity index (χ4v) is 4.55. The number of carbonyl (C=O) groups excluding carboxylic acids is 1. The van der Waals surface area contributed by atoms with E-state index < -0.39 is 0 Å². The molecule has 4 rings (SSSR count). The summed E-state index contributed by atoms with van der Waals surface area (Å²) in [5.74, 6) is 2.80. The van der Waals surface area contributed by atoms with E-state index in [9.17, 15) is 4.79 Å². The lowest BCUT2D eigenvalue weighted by Gasteiger charge is -2.37. The van der Waals surface area contributed by atoms with Crippen LogP contribution in [0.3, 0.4) is 0 Å². The molecule has 0 bridgehead atoms. The van der Waals surface area contributed by atoms with E-state index in [-0.39, 0.29) is 5.92 Å². The number of aliphatic imine (C=N–C) groups is 1. The van der Waals surface area contributed by atoms with E-state index in [0.717, 1.165) is 70.3 Å². The molecule has 1 aromatic carbocycles. The van der Waals surface area contributed by atoms with Gasteiger partial charge in [0, 0.05) is 51.6 Å². The number of morpholine rings is 1. The summed E-state index contributed by atoms with van der Waals surface area (Å²) in [5.41, 5.74) is 1.27. The SMILES string of the molecule is CN=C(NCC1CCOc2ccccc21)N1CCC(C(=O)N2CCOCC2)CC1. The van der Waals surface area contributed by atoms with Crippen molar-refractivity contribution < 1.29 is 14.3 Å². The smallest absolute Gasteiger partial charge is 0.225 e. The Morgan fingerprint density at radius 2 is 1.83 bits per heavy atom. The summed E-state index contributed by atoms with van der Waals surface area (Å²) in [6, 6.07) is 8.31. The van der Waals surface area contributed by atoms with Crippen LogP contribution in [0, 0.1) is 5.92 Å². The first-order valence-electron chi connectivity index (χ1n) is 10.8. The molecule has 1 unspecified atom stereocenters. The van der Waals surface area contributed by atoms with Gasteiger partial charge in [-0.25, -0.2) is 0 Å². The molecule has 3 heterocycles. The number of amides is 1. The summed E-state index contributed by atoms with van der Waals surface area (Å²) in [7, 11) is 1.84. The van der Waals surface area contributed by atoms with Crippen LogP contribution in [0.2, 0.25) is 0 Å². The number of hydrogen-bond donors (Lipinski definition) is 1. The van der Waals surface area contributed by atoms with Gasteiger partial charge in [0.25, 0.3) is 0 Å². The van der Waals surface area contributed by atoms with Crippen molar-refractivity contribution in [3.05, 3.63) is 29.8 Å². The first-order chi connectivity index (χ1) is 14.3. The van der Waals surface area contributed by atoms with Crippen LogP contribution in [-0.2, 0) is 9.53 Å². The number of benzene rings is 1. The highest BCUT2D eigenvalue weighted by atomic mass is 16.5. The third-order valence-electron chi connectivity index (χ3n) is 6.27. The summed E-state index contributed by atoms with van der Waals surface area (Å²) >= 11 is 0. The lowest BCUT2D eigenvalue weighted by molar-refractivity contribution is -0.140. The third-order valence-corrected chi connectivity index (χ3v) is 6.27. The Morgan fingerprint density at radius 3 is 2.59 bits per heavy atom. The van der Waals surface area contributed by atoms with Crippen molar-refractivity contribution >= 4 is 11.9 Å². The predicted octanol–water partition coefficient (Wildman–Crippen LogP) is 1.70. The number of ether oxygens (including phenoxy) is 2. The second-order valence-electron chi connectivity index (χ2n) is 8.00. The van der Waals surface area contributed by atoms with Crippen molar-refractivity contribution in [2.75, 3.05) is 59.6 Å². The Bertz CT molecular complexity index is 725. The molecular weight excluding hydrogens is 368 g/mol. The zero-order valence-electron chi connectivity index (χ0n) is 17.3. The van der Waals surface area contributed by atoms with Crippen molar-refractivity contribution in [2.24, 2.45) is 10.9 Å². The number of carbonyl (C=O) groups is 1. The number of hydrogen-bond acceptors (Lipinski definition) is 4. The van der Waals surface area contributed by atoms with Crippen molar-refractivity contribution in [3.63, 3.8) is 0 Å². The van der Waals surface area contributed by atoms with E-state index in [0.29, 0.717) is 25.0 Å². The van der Waals surface area contributed by atoms with Crippen LogP contribution in [0.15, 0.2) is 29.3 Å². The van der Waals surface area contributed by atoms with E-state index in [1.165, 1.54) is 5.56 Å². The lowest BCUT2D eigenvalue weighted by Crippen LogP contribution is -2.50. The highest BCUT2D eigenvalue weighted by molar-refractivity contribution is 5.82. The van der Waals surface area contributed by atoms with Gasteiger partial charge in [-0.3, -0.25) is 9.79 Å². The standard InChI is InChI=1S/C22H32N4O3/c1-23-22(24-16-18-8-13-29-20-5-3-2-4-19(18)20)26-9-6-17(7-10-26)21(27)25-11-14-28-15-12-25/h2-5,17-18H,6-16H2,1H3,(H,23,24). The number of nitrogens with one attached hydrogen (secondary N) is 1. The second kappa shape index (κ2) is 9.48. The molecule has 7 heteroatoms. The first-order valence-corrected chi connectivity index (χ1v) is 10.8. The molecule has 1 amide bonds. The Kier molecular flexibility index (Phi) is 6.54. The van der Waals surface area contributed by atoms with Crippen molar-refractivity contribution in [1.29, 1.82) is 0 Å². The zero-order valence-corrected chi connectivity index (χ0v) is 17.3. The average molecular weight is 401 g/mol. The molecular formula is C22H32N4O3. The largest absolute Gasteiger partial charge is 0.493 e. The second-order valence-corrected chi connectivity index (χ2v) is 8.00. The number of fused-ring (bicyclic) bond motifs is 1. The number of likely N-dealkylation sites (tertiary alicyclic amines) is 1. The van der Waals surface area contributed by atoms with E-state index in [4.69, 9.17) is 9.47 Å². The Morgan fingerprint density at radius 1 is 1.07 bits per heavy atom. The minimum atomic E-state index is 0.129. The maximum absolute atomic E-state index is 12.7. The summed E-state index contributed by atoms with van der Waals surface area (Å²) in [6.45, 7) is 6.13. The molecule has 29 heavy (non-hydrogen) atoms. The minimum absolute atomic E-state index is 0.129. The fraction of sp³-hybridized carbons (Fsp3) is 0.636. The van der Waals surface area contributed by atoms with Gasteiger partial charge in [0.05, 0.1) is 19.8 Å². The summed E-state index contributed by atoms with van der Waals surface area (Å²) in [4.78, 5) is 21.5. The highest BCUT2D eigenvalue weighted by Crippen LogP contribution is 2.32. The van der Waals surface area contributed by atoms with Gasteiger partial charge in [0.15, 0.2) is 5.96 Å². The van der Waals surface area contributed by atoms with Crippen LogP contribution >= 0.6 is 0 Å². The molecule has 3 aliphatic rings. The minimum Gasteiger partial charge on any atom is -0.493 e. The molecule has 2 fully saturated rings. The highest BCUT2D eigenvalue weighted by Gasteiger charge is 2.30. The van der Waals surface area contributed by atoms with E-state index in [1.807, 2.05) is 24.1 Å². The van der Waals surface area contributed by atoms with Gasteiger partial charge in [-0.2, -0.15) is 0 Å². The Labute approximate surface area is 173 Å². The monoisotopic (exact) mass is 400 g/mol. The molecule has 158 valence electrons. The van der Waals surface area contributed by atoms with E-state index in [1.54, 1.807) is 0 Å². The van der Waals surface area contributed by atoms with Crippen molar-refractivity contribution in [2.45, 2.75) is 25.2 Å². The Balaban J connectivity index is 1.28. The maximum Gasteiger partial charge on any atom is 0.225 e.